The molecule has 1 aromatic carbocycles. The maximum atomic E-state index is 10.8. The fourth-order valence-electron chi connectivity index (χ4n) is 2.03. The maximum Gasteiger partial charge on any atom is 0.312 e. The molecule has 0 spiro atoms. The Morgan fingerprint density at radius 2 is 2.00 bits per heavy atom. The number of aromatic nitrogens is 2. The predicted molar refractivity (Wildman–Crippen MR) is 84.3 cm³/mol. The van der Waals surface area contributed by atoms with Crippen LogP contribution in [0.25, 0.3) is 0 Å². The normalized spacial score (nSPS) is 9.87. The van der Waals surface area contributed by atoms with E-state index in [1.165, 1.54) is 11.8 Å². The Labute approximate surface area is 137 Å². The molecule has 2 amide bonds. The van der Waals surface area contributed by atoms with Gasteiger partial charge in [-0.25, -0.2) is 9.78 Å². The molecule has 0 unspecified atom stereocenters. The number of hydrogen-bond acceptors (Lipinski definition) is 5. The Balaban J connectivity index is 2.29. The molecule has 23 heavy (non-hydrogen) atoms. The number of nitriles is 2. The van der Waals surface area contributed by atoms with Gasteiger partial charge >= 0.3 is 6.03 Å². The summed E-state index contributed by atoms with van der Waals surface area (Å²) in [5.74, 6) is 0.686. The SMILES string of the molecule is CCn1c(Sc2cc(C#N)cc(C#N)c2)cnc1CNC(N)=O. The summed E-state index contributed by atoms with van der Waals surface area (Å²) in [5.41, 5.74) is 5.94. The van der Waals surface area contributed by atoms with Gasteiger partial charge in [0.2, 0.25) is 0 Å². The third-order valence-electron chi connectivity index (χ3n) is 3.03. The fourth-order valence-corrected chi connectivity index (χ4v) is 3.09. The van der Waals surface area contributed by atoms with Crippen molar-refractivity contribution in [1.82, 2.24) is 14.9 Å². The maximum absolute atomic E-state index is 10.8. The lowest BCUT2D eigenvalue weighted by Crippen LogP contribution is -2.29. The van der Waals surface area contributed by atoms with Gasteiger partial charge in [-0.2, -0.15) is 10.5 Å². The van der Waals surface area contributed by atoms with Crippen LogP contribution in [-0.4, -0.2) is 15.6 Å². The number of nitrogens with two attached hydrogens (primary N) is 1. The number of carbonyl (C=O) groups excluding carboxylic acids is 1. The highest BCUT2D eigenvalue weighted by Gasteiger charge is 2.11. The van der Waals surface area contributed by atoms with Gasteiger partial charge in [0.1, 0.15) is 5.82 Å². The van der Waals surface area contributed by atoms with Crippen LogP contribution < -0.4 is 11.1 Å². The van der Waals surface area contributed by atoms with Gasteiger partial charge in [-0.15, -0.1) is 0 Å². The first-order chi connectivity index (χ1) is 11.1. The van der Waals surface area contributed by atoms with E-state index in [9.17, 15) is 4.79 Å². The van der Waals surface area contributed by atoms with Gasteiger partial charge < -0.3 is 15.6 Å². The first-order valence-electron chi connectivity index (χ1n) is 6.78. The molecule has 1 heterocycles. The summed E-state index contributed by atoms with van der Waals surface area (Å²) in [6.07, 6.45) is 1.69. The first kappa shape index (κ1) is 16.4. The first-order valence-corrected chi connectivity index (χ1v) is 7.59. The lowest BCUT2D eigenvalue weighted by Gasteiger charge is -2.09. The van der Waals surface area contributed by atoms with Crippen molar-refractivity contribution in [1.29, 1.82) is 10.5 Å². The average molecular weight is 326 g/mol. The highest BCUT2D eigenvalue weighted by molar-refractivity contribution is 7.99. The predicted octanol–water partition coefficient (Wildman–Crippen LogP) is 1.97. The smallest absolute Gasteiger partial charge is 0.312 e. The van der Waals surface area contributed by atoms with E-state index in [0.717, 1.165) is 9.92 Å². The molecule has 0 saturated carbocycles. The van der Waals surface area contributed by atoms with Crippen molar-refractivity contribution in [2.75, 3.05) is 0 Å². The fraction of sp³-hybridized carbons (Fsp3) is 0.200. The van der Waals surface area contributed by atoms with Gasteiger partial charge in [-0.3, -0.25) is 0 Å². The van der Waals surface area contributed by atoms with Gasteiger partial charge in [-0.05, 0) is 25.1 Å². The number of imidazole rings is 1. The molecule has 0 radical (unpaired) electrons. The Morgan fingerprint density at radius 3 is 2.52 bits per heavy atom. The second-order valence-electron chi connectivity index (χ2n) is 4.55. The van der Waals surface area contributed by atoms with E-state index < -0.39 is 6.03 Å². The molecule has 0 bridgehead atoms. The number of nitrogens with zero attached hydrogens (tertiary/aromatic N) is 4. The molecule has 7 nitrogen and oxygen atoms in total. The van der Waals surface area contributed by atoms with Crippen molar-refractivity contribution in [3.8, 4) is 12.1 Å². The monoisotopic (exact) mass is 326 g/mol. The zero-order valence-electron chi connectivity index (χ0n) is 12.4. The van der Waals surface area contributed by atoms with Crippen molar-refractivity contribution in [3.05, 3.63) is 41.3 Å². The molecule has 0 aliphatic heterocycles. The molecule has 0 saturated heterocycles. The number of benzene rings is 1. The Morgan fingerprint density at radius 1 is 1.35 bits per heavy atom. The highest BCUT2D eigenvalue weighted by atomic mass is 32.2. The highest BCUT2D eigenvalue weighted by Crippen LogP contribution is 2.30. The second-order valence-corrected chi connectivity index (χ2v) is 5.64. The minimum Gasteiger partial charge on any atom is -0.352 e. The van der Waals surface area contributed by atoms with Gasteiger partial charge in [0.25, 0.3) is 0 Å². The van der Waals surface area contributed by atoms with Gasteiger partial charge in [-0.1, -0.05) is 11.8 Å². The third kappa shape index (κ3) is 4.02. The molecule has 0 aliphatic carbocycles. The van der Waals surface area contributed by atoms with E-state index in [-0.39, 0.29) is 6.54 Å². The van der Waals surface area contributed by atoms with Gasteiger partial charge in [0.05, 0.1) is 41.0 Å². The second kappa shape index (κ2) is 7.34. The molecule has 8 heteroatoms. The van der Waals surface area contributed by atoms with Crippen LogP contribution in [0, 0.1) is 22.7 Å². The van der Waals surface area contributed by atoms with Crippen LogP contribution in [0.1, 0.15) is 23.9 Å². The number of urea groups is 1. The summed E-state index contributed by atoms with van der Waals surface area (Å²) in [6.45, 7) is 2.87. The lowest BCUT2D eigenvalue weighted by atomic mass is 10.1. The molecule has 3 N–H and O–H groups in total. The standard InChI is InChI=1S/C15H14N6OS/c1-2-21-13(8-20-15(18)22)19-9-14(21)23-12-4-10(6-16)3-11(5-12)7-17/h3-5,9H,2,8H2,1H3,(H3,18,20,22). The minimum absolute atomic E-state index is 0.241. The van der Waals surface area contributed by atoms with Crippen molar-refractivity contribution < 1.29 is 4.79 Å². The van der Waals surface area contributed by atoms with Crippen molar-refractivity contribution in [2.24, 2.45) is 5.73 Å². The number of hydrogen-bond donors (Lipinski definition) is 2. The Kier molecular flexibility index (Phi) is 5.23. The van der Waals surface area contributed by atoms with E-state index in [1.807, 2.05) is 23.6 Å². The van der Waals surface area contributed by atoms with Crippen LogP contribution in [0.2, 0.25) is 0 Å². The van der Waals surface area contributed by atoms with Crippen LogP contribution in [-0.2, 0) is 13.1 Å². The van der Waals surface area contributed by atoms with Crippen molar-refractivity contribution in [3.63, 3.8) is 0 Å². The van der Waals surface area contributed by atoms with Crippen LogP contribution in [0.15, 0.2) is 34.3 Å². The van der Waals surface area contributed by atoms with Crippen LogP contribution in [0.5, 0.6) is 0 Å². The summed E-state index contributed by atoms with van der Waals surface area (Å²) in [4.78, 5) is 15.9. The number of nitrogens with one attached hydrogen (secondary N) is 1. The molecule has 2 rings (SSSR count). The number of rotatable bonds is 5. The average Bonchev–Trinajstić information content (AvgIpc) is 2.93. The van der Waals surface area contributed by atoms with Crippen LogP contribution in [0.4, 0.5) is 4.79 Å². The van der Waals surface area contributed by atoms with Gasteiger partial charge in [0, 0.05) is 11.4 Å². The molecule has 0 aliphatic rings. The summed E-state index contributed by atoms with van der Waals surface area (Å²) in [5, 5.41) is 21.4. The number of carbonyl (C=O) groups is 1. The lowest BCUT2D eigenvalue weighted by molar-refractivity contribution is 0.248. The summed E-state index contributed by atoms with van der Waals surface area (Å²) in [7, 11) is 0. The van der Waals surface area contributed by atoms with E-state index in [1.54, 1.807) is 24.4 Å². The topological polar surface area (TPSA) is 121 Å². The Hall–Kier alpha value is -2.97. The number of primary amides is 1. The van der Waals surface area contributed by atoms with Crippen LogP contribution in [0.3, 0.4) is 0 Å². The molecule has 116 valence electrons. The quantitative estimate of drug-likeness (QED) is 0.870. The number of amides is 2. The third-order valence-corrected chi connectivity index (χ3v) is 4.03. The molecule has 1 aromatic heterocycles. The minimum atomic E-state index is -0.606. The molecule has 2 aromatic rings. The zero-order chi connectivity index (χ0) is 16.8. The van der Waals surface area contributed by atoms with Crippen LogP contribution >= 0.6 is 11.8 Å². The van der Waals surface area contributed by atoms with E-state index in [0.29, 0.717) is 23.5 Å². The molecular formula is C15H14N6OS. The summed E-state index contributed by atoms with van der Waals surface area (Å²) in [6, 6.07) is 8.48. The Bertz CT molecular complexity index is 782. The van der Waals surface area contributed by atoms with E-state index in [4.69, 9.17) is 16.3 Å². The van der Waals surface area contributed by atoms with E-state index in [2.05, 4.69) is 10.3 Å². The summed E-state index contributed by atoms with van der Waals surface area (Å²) < 4.78 is 1.94. The van der Waals surface area contributed by atoms with Gasteiger partial charge in [0.15, 0.2) is 0 Å². The molecule has 0 fully saturated rings. The largest absolute Gasteiger partial charge is 0.352 e. The molecular weight excluding hydrogens is 312 g/mol. The van der Waals surface area contributed by atoms with Crippen molar-refractivity contribution >= 4 is 17.8 Å². The zero-order valence-corrected chi connectivity index (χ0v) is 13.2. The van der Waals surface area contributed by atoms with Crippen molar-refractivity contribution in [2.45, 2.75) is 29.9 Å². The summed E-state index contributed by atoms with van der Waals surface area (Å²) >= 11 is 1.41. The molecule has 0 atom stereocenters. The van der Waals surface area contributed by atoms with E-state index >= 15 is 0 Å².